The first-order chi connectivity index (χ1) is 9.08. The van der Waals surface area contributed by atoms with Gasteiger partial charge in [0, 0.05) is 26.7 Å². The first-order valence-electron chi connectivity index (χ1n) is 5.63. The molecule has 2 N–H and O–H groups in total. The zero-order chi connectivity index (χ0) is 13.8. The Bertz CT molecular complexity index is 618. The van der Waals surface area contributed by atoms with Crippen LogP contribution in [0, 0.1) is 0 Å². The zero-order valence-corrected chi connectivity index (χ0v) is 12.4. The van der Waals surface area contributed by atoms with Crippen molar-refractivity contribution < 1.29 is 4.55 Å². The largest absolute Gasteiger partial charge is 0.548 e. The van der Waals surface area contributed by atoms with Crippen molar-refractivity contribution in [2.45, 2.75) is 13.3 Å². The molecule has 2 rings (SSSR count). The van der Waals surface area contributed by atoms with Crippen LogP contribution in [0.25, 0.3) is 0 Å². The van der Waals surface area contributed by atoms with E-state index in [1.807, 2.05) is 6.92 Å². The number of aromatic amines is 1. The Labute approximate surface area is 123 Å². The van der Waals surface area contributed by atoms with E-state index in [0.29, 0.717) is 33.6 Å². The molecule has 1 aromatic carbocycles. The van der Waals surface area contributed by atoms with Crippen LogP contribution in [-0.2, 0) is 0 Å². The lowest BCUT2D eigenvalue weighted by Gasteiger charge is -2.02. The normalized spacial score (nSPS) is 12.8. The second-order valence-corrected chi connectivity index (χ2v) is 5.56. The molecule has 19 heavy (non-hydrogen) atoms. The van der Waals surface area contributed by atoms with Gasteiger partial charge in [0.05, 0.1) is 0 Å². The van der Waals surface area contributed by atoms with Crippen molar-refractivity contribution in [1.29, 1.82) is 0 Å². The Morgan fingerprint density at radius 3 is 2.68 bits per heavy atom. The van der Waals surface area contributed by atoms with E-state index in [9.17, 15) is 4.55 Å². The lowest BCUT2D eigenvalue weighted by Crippen LogP contribution is -2.09. The average Bonchev–Trinajstić information content (AvgIpc) is 2.65. The number of hydrogen-bond donors (Lipinski definition) is 2. The van der Waals surface area contributed by atoms with Crippen molar-refractivity contribution in [2.24, 2.45) is 4.99 Å². The standard InChI is InChI=1S/C11H12Cl2N4OS/c1-2-3-14-10-11(17-19(18)16-10)15-9-5-7(12)4-8(13)6-9/h4-6H,2-3H2,1H3,(H,14,16)(H,15,17). The summed E-state index contributed by atoms with van der Waals surface area (Å²) in [6, 6.07) is 5.04. The number of H-pyrrole nitrogens is 1. The SMILES string of the molecule is CCCN=c1[nH][s+]([O-])nc1Nc1cc(Cl)cc(Cl)c1. The van der Waals surface area contributed by atoms with Crippen LogP contribution < -0.4 is 10.8 Å². The maximum Gasteiger partial charge on any atom is 0.236 e. The summed E-state index contributed by atoms with van der Waals surface area (Å²) in [7, 11) is 0. The van der Waals surface area contributed by atoms with Gasteiger partial charge in [0.2, 0.25) is 11.3 Å². The second kappa shape index (κ2) is 6.38. The molecule has 1 heterocycles. The summed E-state index contributed by atoms with van der Waals surface area (Å²) in [6.07, 6.45) is 0.897. The van der Waals surface area contributed by atoms with Gasteiger partial charge in [-0.05, 0) is 24.6 Å². The Kier molecular flexibility index (Phi) is 4.81. The second-order valence-electron chi connectivity index (χ2n) is 3.80. The maximum atomic E-state index is 11.4. The number of anilines is 2. The van der Waals surface area contributed by atoms with Gasteiger partial charge in [0.1, 0.15) is 0 Å². The minimum atomic E-state index is -1.49. The maximum absolute atomic E-state index is 11.4. The fourth-order valence-electron chi connectivity index (χ4n) is 1.46. The third-order valence-corrected chi connectivity index (χ3v) is 3.35. The number of halogens is 2. The number of rotatable bonds is 4. The molecule has 1 atom stereocenters. The van der Waals surface area contributed by atoms with Gasteiger partial charge in [-0.1, -0.05) is 30.1 Å². The van der Waals surface area contributed by atoms with E-state index in [4.69, 9.17) is 23.2 Å². The van der Waals surface area contributed by atoms with Gasteiger partial charge < -0.3 is 9.87 Å². The van der Waals surface area contributed by atoms with Gasteiger partial charge in [-0.3, -0.25) is 4.99 Å². The molecule has 0 aliphatic carbocycles. The van der Waals surface area contributed by atoms with Gasteiger partial charge in [-0.2, -0.15) is 0 Å². The van der Waals surface area contributed by atoms with Crippen LogP contribution in [0.3, 0.4) is 0 Å². The number of nitrogens with zero attached hydrogens (tertiary/aromatic N) is 2. The highest BCUT2D eigenvalue weighted by Crippen LogP contribution is 2.24. The summed E-state index contributed by atoms with van der Waals surface area (Å²) >= 11 is 10.3. The molecule has 0 spiro atoms. The third-order valence-electron chi connectivity index (χ3n) is 2.20. The summed E-state index contributed by atoms with van der Waals surface area (Å²) in [5.41, 5.74) is 1.15. The molecule has 2 aromatic rings. The molecule has 5 nitrogen and oxygen atoms in total. The molecular weight excluding hydrogens is 307 g/mol. The molecule has 0 saturated heterocycles. The first kappa shape index (κ1) is 14.3. The molecule has 0 radical (unpaired) electrons. The first-order valence-corrected chi connectivity index (χ1v) is 7.50. The van der Waals surface area contributed by atoms with Crippen molar-refractivity contribution >= 4 is 45.8 Å². The number of nitrogens with one attached hydrogen (secondary N) is 2. The van der Waals surface area contributed by atoms with Crippen LogP contribution >= 0.6 is 34.3 Å². The topological polar surface area (TPSA) is 76.1 Å². The molecule has 8 heteroatoms. The van der Waals surface area contributed by atoms with E-state index in [0.717, 1.165) is 6.42 Å². The molecule has 102 valence electrons. The highest BCUT2D eigenvalue weighted by atomic mass is 35.5. The Morgan fingerprint density at radius 2 is 2.05 bits per heavy atom. The van der Waals surface area contributed by atoms with Gasteiger partial charge in [-0.15, -0.1) is 4.37 Å². The van der Waals surface area contributed by atoms with Crippen LogP contribution in [0.4, 0.5) is 11.5 Å². The van der Waals surface area contributed by atoms with E-state index < -0.39 is 11.1 Å². The molecular formula is C11H12Cl2N4OS. The minimum absolute atomic E-state index is 0.421. The van der Waals surface area contributed by atoms with E-state index >= 15 is 0 Å². The monoisotopic (exact) mass is 318 g/mol. The van der Waals surface area contributed by atoms with E-state index in [1.165, 1.54) is 0 Å². The van der Waals surface area contributed by atoms with E-state index in [1.54, 1.807) is 18.2 Å². The van der Waals surface area contributed by atoms with Gasteiger partial charge >= 0.3 is 0 Å². The van der Waals surface area contributed by atoms with Crippen LogP contribution in [-0.4, -0.2) is 19.8 Å². The molecule has 0 aliphatic heterocycles. The molecule has 0 aliphatic rings. The van der Waals surface area contributed by atoms with Crippen molar-refractivity contribution in [3.63, 3.8) is 0 Å². The van der Waals surface area contributed by atoms with Crippen LogP contribution in [0.2, 0.25) is 10.0 Å². The molecule has 0 fully saturated rings. The van der Waals surface area contributed by atoms with Gasteiger partial charge in [0.25, 0.3) is 0 Å². The van der Waals surface area contributed by atoms with Crippen LogP contribution in [0.5, 0.6) is 0 Å². The van der Waals surface area contributed by atoms with E-state index in [-0.39, 0.29) is 0 Å². The fraction of sp³-hybridized carbons (Fsp3) is 0.273. The number of aromatic nitrogens is 2. The average molecular weight is 319 g/mol. The zero-order valence-electron chi connectivity index (χ0n) is 10.1. The van der Waals surface area contributed by atoms with Crippen molar-refractivity contribution in [2.75, 3.05) is 11.9 Å². The summed E-state index contributed by atoms with van der Waals surface area (Å²) in [5.74, 6) is 0.421. The quantitative estimate of drug-likeness (QED) is 0.847. The summed E-state index contributed by atoms with van der Waals surface area (Å²) in [4.78, 5) is 4.27. The van der Waals surface area contributed by atoms with Crippen molar-refractivity contribution in [3.8, 4) is 0 Å². The fourth-order valence-corrected chi connectivity index (χ4v) is 2.65. The summed E-state index contributed by atoms with van der Waals surface area (Å²) in [6.45, 7) is 2.65. The van der Waals surface area contributed by atoms with Crippen LogP contribution in [0.1, 0.15) is 13.3 Å². The molecule has 1 unspecified atom stereocenters. The molecule has 0 amide bonds. The highest BCUT2D eigenvalue weighted by Gasteiger charge is 2.09. The third kappa shape index (κ3) is 3.94. The summed E-state index contributed by atoms with van der Waals surface area (Å²) < 4.78 is 18.0. The minimum Gasteiger partial charge on any atom is -0.548 e. The van der Waals surface area contributed by atoms with Crippen molar-refractivity contribution in [1.82, 2.24) is 8.75 Å². The number of hydrogen-bond acceptors (Lipinski definition) is 4. The smallest absolute Gasteiger partial charge is 0.236 e. The molecule has 0 saturated carbocycles. The molecule has 1 aromatic heterocycles. The van der Waals surface area contributed by atoms with Gasteiger partial charge in [0.15, 0.2) is 11.1 Å². The van der Waals surface area contributed by atoms with E-state index in [2.05, 4.69) is 19.1 Å². The number of benzene rings is 1. The molecule has 0 bridgehead atoms. The van der Waals surface area contributed by atoms with Gasteiger partial charge in [-0.25, -0.2) is 0 Å². The Hall–Kier alpha value is -1.08. The predicted molar refractivity (Wildman–Crippen MR) is 77.7 cm³/mol. The Morgan fingerprint density at radius 1 is 1.37 bits per heavy atom. The van der Waals surface area contributed by atoms with Crippen LogP contribution in [0.15, 0.2) is 23.2 Å². The predicted octanol–water partition coefficient (Wildman–Crippen LogP) is 3.50. The lowest BCUT2D eigenvalue weighted by molar-refractivity contribution is 0.584. The van der Waals surface area contributed by atoms with Crippen molar-refractivity contribution in [3.05, 3.63) is 33.7 Å². The lowest BCUT2D eigenvalue weighted by atomic mass is 10.3. The summed E-state index contributed by atoms with van der Waals surface area (Å²) in [5, 5.41) is 4.02. The Balaban J connectivity index is 2.32. The highest BCUT2D eigenvalue weighted by molar-refractivity contribution is 7.13.